The van der Waals surface area contributed by atoms with E-state index in [9.17, 15) is 9.18 Å². The van der Waals surface area contributed by atoms with Gasteiger partial charge in [0.25, 0.3) is 0 Å². The molecular weight excluding hydrogens is 253 g/mol. The summed E-state index contributed by atoms with van der Waals surface area (Å²) in [6.07, 6.45) is 1.66. The summed E-state index contributed by atoms with van der Waals surface area (Å²) in [4.78, 5) is 16.6. The fraction of sp³-hybridized carbons (Fsp3) is 0.0588. The molecule has 0 unspecified atom stereocenters. The van der Waals surface area contributed by atoms with E-state index in [2.05, 4.69) is 4.98 Å². The van der Waals surface area contributed by atoms with Crippen LogP contribution in [0, 0.1) is 5.82 Å². The standard InChI is InChI=1S/C17H12FNO/c18-15-7-3-1-5-12(15)11-17(20)14-9-10-19-16-8-4-2-6-13(14)16/h1-10H,11H2. The predicted molar refractivity (Wildman–Crippen MR) is 76.2 cm³/mol. The van der Waals surface area contributed by atoms with Crippen molar-refractivity contribution in [2.45, 2.75) is 6.42 Å². The van der Waals surface area contributed by atoms with Crippen molar-refractivity contribution in [3.8, 4) is 0 Å². The molecule has 0 radical (unpaired) electrons. The summed E-state index contributed by atoms with van der Waals surface area (Å²) in [7, 11) is 0. The van der Waals surface area contributed by atoms with E-state index in [1.807, 2.05) is 24.3 Å². The number of halogens is 1. The highest BCUT2D eigenvalue weighted by Gasteiger charge is 2.13. The Hall–Kier alpha value is -2.55. The van der Waals surface area contributed by atoms with E-state index < -0.39 is 0 Å². The number of carbonyl (C=O) groups is 1. The highest BCUT2D eigenvalue weighted by Crippen LogP contribution is 2.19. The largest absolute Gasteiger partial charge is 0.294 e. The van der Waals surface area contributed by atoms with Gasteiger partial charge in [-0.2, -0.15) is 0 Å². The number of Topliss-reactive ketones (excluding diaryl/α,β-unsaturated/α-hetero) is 1. The molecule has 3 heteroatoms. The number of para-hydroxylation sites is 1. The molecule has 0 N–H and O–H groups in total. The molecule has 0 saturated carbocycles. The van der Waals surface area contributed by atoms with E-state index in [1.54, 1.807) is 30.5 Å². The number of nitrogens with zero attached hydrogens (tertiary/aromatic N) is 1. The lowest BCUT2D eigenvalue weighted by molar-refractivity contribution is 0.0993. The summed E-state index contributed by atoms with van der Waals surface area (Å²) in [5.41, 5.74) is 1.77. The first kappa shape index (κ1) is 12.5. The van der Waals surface area contributed by atoms with Crippen LogP contribution >= 0.6 is 0 Å². The Morgan fingerprint density at radius 1 is 1.00 bits per heavy atom. The zero-order chi connectivity index (χ0) is 13.9. The number of hydrogen-bond donors (Lipinski definition) is 0. The molecule has 1 aromatic heterocycles. The van der Waals surface area contributed by atoms with E-state index in [4.69, 9.17) is 0 Å². The Morgan fingerprint density at radius 3 is 2.60 bits per heavy atom. The number of rotatable bonds is 3. The van der Waals surface area contributed by atoms with Gasteiger partial charge in [-0.1, -0.05) is 36.4 Å². The number of hydrogen-bond acceptors (Lipinski definition) is 2. The maximum atomic E-state index is 13.6. The lowest BCUT2D eigenvalue weighted by Crippen LogP contribution is -2.06. The lowest BCUT2D eigenvalue weighted by Gasteiger charge is -2.06. The van der Waals surface area contributed by atoms with E-state index in [-0.39, 0.29) is 18.0 Å². The van der Waals surface area contributed by atoms with Crippen LogP contribution in [0.2, 0.25) is 0 Å². The smallest absolute Gasteiger partial charge is 0.168 e. The van der Waals surface area contributed by atoms with Crippen molar-refractivity contribution in [3.63, 3.8) is 0 Å². The lowest BCUT2D eigenvalue weighted by atomic mass is 10.00. The molecule has 0 fully saturated rings. The Kier molecular flexibility index (Phi) is 3.25. The van der Waals surface area contributed by atoms with Gasteiger partial charge in [-0.3, -0.25) is 9.78 Å². The number of carbonyl (C=O) groups excluding carboxylic acids is 1. The molecule has 0 aliphatic heterocycles. The highest BCUT2D eigenvalue weighted by atomic mass is 19.1. The molecule has 0 spiro atoms. The maximum absolute atomic E-state index is 13.6. The second kappa shape index (κ2) is 5.21. The van der Waals surface area contributed by atoms with E-state index in [0.717, 1.165) is 10.9 Å². The van der Waals surface area contributed by atoms with Crippen molar-refractivity contribution < 1.29 is 9.18 Å². The van der Waals surface area contributed by atoms with Crippen molar-refractivity contribution in [3.05, 3.63) is 77.7 Å². The Morgan fingerprint density at radius 2 is 1.75 bits per heavy atom. The first-order valence-electron chi connectivity index (χ1n) is 6.36. The highest BCUT2D eigenvalue weighted by molar-refractivity contribution is 6.07. The van der Waals surface area contributed by atoms with E-state index in [0.29, 0.717) is 11.1 Å². The minimum absolute atomic E-state index is 0.0562. The molecule has 0 aliphatic carbocycles. The second-order valence-corrected chi connectivity index (χ2v) is 4.57. The van der Waals surface area contributed by atoms with Gasteiger partial charge in [0, 0.05) is 23.6 Å². The molecule has 2 aromatic carbocycles. The molecule has 3 rings (SSSR count). The normalized spacial score (nSPS) is 10.7. The molecule has 2 nitrogen and oxygen atoms in total. The molecular formula is C17H12FNO. The molecule has 0 amide bonds. The van der Waals surface area contributed by atoms with Gasteiger partial charge in [0.15, 0.2) is 5.78 Å². The van der Waals surface area contributed by atoms with Crippen LogP contribution in [0.4, 0.5) is 4.39 Å². The Bertz CT molecular complexity index is 777. The Balaban J connectivity index is 1.99. The fourth-order valence-corrected chi connectivity index (χ4v) is 2.25. The molecule has 0 saturated heterocycles. The number of benzene rings is 2. The van der Waals surface area contributed by atoms with Gasteiger partial charge in [-0.25, -0.2) is 4.39 Å². The molecule has 20 heavy (non-hydrogen) atoms. The van der Waals surface area contributed by atoms with Gasteiger partial charge in [0.2, 0.25) is 0 Å². The molecule has 98 valence electrons. The third-order valence-electron chi connectivity index (χ3n) is 3.26. The summed E-state index contributed by atoms with van der Waals surface area (Å²) in [6, 6.07) is 15.5. The molecule has 0 bridgehead atoms. The number of pyridine rings is 1. The minimum atomic E-state index is -0.348. The predicted octanol–water partition coefficient (Wildman–Crippen LogP) is 3.80. The van der Waals surface area contributed by atoms with Crippen molar-refractivity contribution in [1.29, 1.82) is 0 Å². The molecule has 0 atom stereocenters. The van der Waals surface area contributed by atoms with Gasteiger partial charge in [-0.15, -0.1) is 0 Å². The van der Waals surface area contributed by atoms with Crippen LogP contribution in [0.5, 0.6) is 0 Å². The third kappa shape index (κ3) is 2.30. The van der Waals surface area contributed by atoms with Crippen LogP contribution < -0.4 is 0 Å². The molecule has 0 aliphatic rings. The number of fused-ring (bicyclic) bond motifs is 1. The van der Waals surface area contributed by atoms with Crippen LogP contribution in [-0.2, 0) is 6.42 Å². The van der Waals surface area contributed by atoms with Crippen molar-refractivity contribution in [1.82, 2.24) is 4.98 Å². The van der Waals surface area contributed by atoms with Crippen LogP contribution in [0.3, 0.4) is 0 Å². The van der Waals surface area contributed by atoms with E-state index in [1.165, 1.54) is 6.07 Å². The average Bonchev–Trinajstić information content (AvgIpc) is 2.49. The number of aromatic nitrogens is 1. The van der Waals surface area contributed by atoms with Crippen LogP contribution in [0.1, 0.15) is 15.9 Å². The van der Waals surface area contributed by atoms with Crippen LogP contribution in [0.15, 0.2) is 60.8 Å². The maximum Gasteiger partial charge on any atom is 0.168 e. The summed E-state index contributed by atoms with van der Waals surface area (Å²) in [6.45, 7) is 0. The van der Waals surface area contributed by atoms with Gasteiger partial charge in [0.05, 0.1) is 5.52 Å². The third-order valence-corrected chi connectivity index (χ3v) is 3.26. The van der Waals surface area contributed by atoms with Crippen LogP contribution in [-0.4, -0.2) is 10.8 Å². The quantitative estimate of drug-likeness (QED) is 0.674. The molecule has 1 heterocycles. The van der Waals surface area contributed by atoms with Gasteiger partial charge >= 0.3 is 0 Å². The zero-order valence-corrected chi connectivity index (χ0v) is 10.7. The summed E-state index contributed by atoms with van der Waals surface area (Å²) < 4.78 is 13.6. The van der Waals surface area contributed by atoms with Crippen molar-refractivity contribution in [2.75, 3.05) is 0 Å². The van der Waals surface area contributed by atoms with Crippen LogP contribution in [0.25, 0.3) is 10.9 Å². The fourth-order valence-electron chi connectivity index (χ4n) is 2.25. The first-order chi connectivity index (χ1) is 9.75. The minimum Gasteiger partial charge on any atom is -0.294 e. The van der Waals surface area contributed by atoms with Gasteiger partial charge in [-0.05, 0) is 23.8 Å². The first-order valence-corrected chi connectivity index (χ1v) is 6.36. The molecule has 3 aromatic rings. The SMILES string of the molecule is O=C(Cc1ccccc1F)c1ccnc2ccccc12. The summed E-state index contributed by atoms with van der Waals surface area (Å²) in [5.74, 6) is -0.451. The van der Waals surface area contributed by atoms with Crippen molar-refractivity contribution >= 4 is 16.7 Å². The van der Waals surface area contributed by atoms with Gasteiger partial charge in [0.1, 0.15) is 5.82 Å². The van der Waals surface area contributed by atoms with E-state index >= 15 is 0 Å². The summed E-state index contributed by atoms with van der Waals surface area (Å²) in [5, 5.41) is 0.802. The van der Waals surface area contributed by atoms with Crippen molar-refractivity contribution in [2.24, 2.45) is 0 Å². The second-order valence-electron chi connectivity index (χ2n) is 4.57. The Labute approximate surface area is 115 Å². The van der Waals surface area contributed by atoms with Gasteiger partial charge < -0.3 is 0 Å². The monoisotopic (exact) mass is 265 g/mol. The zero-order valence-electron chi connectivity index (χ0n) is 10.7. The summed E-state index contributed by atoms with van der Waals surface area (Å²) >= 11 is 0. The topological polar surface area (TPSA) is 30.0 Å². The number of ketones is 1. The average molecular weight is 265 g/mol.